The average molecular weight is 210 g/mol. The summed E-state index contributed by atoms with van der Waals surface area (Å²) in [5.74, 6) is 0.0197. The summed E-state index contributed by atoms with van der Waals surface area (Å²) in [5.41, 5.74) is -1.17. The van der Waals surface area contributed by atoms with Gasteiger partial charge in [0.25, 0.3) is 0 Å². The van der Waals surface area contributed by atoms with E-state index in [0.29, 0.717) is 6.42 Å². The van der Waals surface area contributed by atoms with Crippen molar-refractivity contribution in [3.63, 3.8) is 0 Å². The zero-order valence-corrected chi connectivity index (χ0v) is 9.85. The van der Waals surface area contributed by atoms with Crippen LogP contribution in [-0.4, -0.2) is 18.9 Å². The number of rotatable bonds is 1. The van der Waals surface area contributed by atoms with Gasteiger partial charge in [-0.1, -0.05) is 20.8 Å². The summed E-state index contributed by atoms with van der Waals surface area (Å²) in [6.07, 6.45) is 1.96. The molecule has 0 heterocycles. The van der Waals surface area contributed by atoms with E-state index in [-0.39, 0.29) is 22.6 Å². The lowest BCUT2D eigenvalue weighted by molar-refractivity contribution is -0.158. The summed E-state index contributed by atoms with van der Waals surface area (Å²) in [6.45, 7) is 6.05. The Morgan fingerprint density at radius 2 is 1.87 bits per heavy atom. The summed E-state index contributed by atoms with van der Waals surface area (Å²) in [6, 6.07) is 0. The van der Waals surface area contributed by atoms with Gasteiger partial charge >= 0.3 is 5.97 Å². The number of methoxy groups -OCH3 is 1. The van der Waals surface area contributed by atoms with E-state index in [2.05, 4.69) is 0 Å². The van der Waals surface area contributed by atoms with Crippen LogP contribution in [0, 0.1) is 16.2 Å². The van der Waals surface area contributed by atoms with Crippen LogP contribution in [-0.2, 0) is 14.3 Å². The minimum atomic E-state index is -0.562. The lowest BCUT2D eigenvalue weighted by Gasteiger charge is -2.37. The zero-order chi connectivity index (χ0) is 11.5. The monoisotopic (exact) mass is 210 g/mol. The molecule has 0 aromatic heterocycles. The lowest BCUT2D eigenvalue weighted by atomic mass is 9.65. The van der Waals surface area contributed by atoms with Crippen molar-refractivity contribution >= 4 is 11.8 Å². The highest BCUT2D eigenvalue weighted by Crippen LogP contribution is 2.70. The number of carbonyl (C=O) groups is 2. The first-order chi connectivity index (χ1) is 6.82. The summed E-state index contributed by atoms with van der Waals surface area (Å²) < 4.78 is 4.89. The summed E-state index contributed by atoms with van der Waals surface area (Å²) in [4.78, 5) is 23.9. The number of Topliss-reactive ketones (excluding diaryl/α,β-unsaturated/α-hetero) is 1. The molecule has 0 saturated heterocycles. The van der Waals surface area contributed by atoms with E-state index in [1.807, 2.05) is 20.8 Å². The minimum absolute atomic E-state index is 0.206. The van der Waals surface area contributed by atoms with Crippen molar-refractivity contribution in [1.29, 1.82) is 0 Å². The quantitative estimate of drug-likeness (QED) is 0.621. The molecule has 2 rings (SSSR count). The largest absolute Gasteiger partial charge is 0.469 e. The van der Waals surface area contributed by atoms with Crippen LogP contribution >= 0.6 is 0 Å². The number of esters is 1. The molecule has 0 unspecified atom stereocenters. The zero-order valence-electron chi connectivity index (χ0n) is 9.85. The Bertz CT molecular complexity index is 345. The normalized spacial score (nSPS) is 42.0. The van der Waals surface area contributed by atoms with Gasteiger partial charge in [-0.05, 0) is 18.3 Å². The number of hydrogen-bond donors (Lipinski definition) is 0. The van der Waals surface area contributed by atoms with Crippen LogP contribution in [0.15, 0.2) is 0 Å². The van der Waals surface area contributed by atoms with Gasteiger partial charge in [0.2, 0.25) is 0 Å². The van der Waals surface area contributed by atoms with Gasteiger partial charge in [0.05, 0.1) is 12.5 Å². The molecule has 84 valence electrons. The molecule has 2 aliphatic carbocycles. The lowest BCUT2D eigenvalue weighted by Crippen LogP contribution is -2.41. The summed E-state index contributed by atoms with van der Waals surface area (Å²) >= 11 is 0. The van der Waals surface area contributed by atoms with Gasteiger partial charge in [0, 0.05) is 11.8 Å². The second kappa shape index (κ2) is 2.63. The molecule has 0 spiro atoms. The second-order valence-corrected chi connectivity index (χ2v) is 5.63. The highest BCUT2D eigenvalue weighted by molar-refractivity contribution is 5.97. The molecule has 2 atom stereocenters. The van der Waals surface area contributed by atoms with Gasteiger partial charge in [-0.3, -0.25) is 9.59 Å². The van der Waals surface area contributed by atoms with Crippen molar-refractivity contribution < 1.29 is 14.3 Å². The number of ketones is 1. The maximum atomic E-state index is 12.0. The molecular formula is C12H18O3. The Kier molecular flexibility index (Phi) is 1.87. The Labute approximate surface area is 90.2 Å². The molecular weight excluding hydrogens is 192 g/mol. The van der Waals surface area contributed by atoms with Gasteiger partial charge in [0.1, 0.15) is 5.78 Å². The fourth-order valence-electron chi connectivity index (χ4n) is 3.51. The van der Waals surface area contributed by atoms with E-state index in [1.54, 1.807) is 0 Å². The van der Waals surface area contributed by atoms with Crippen LogP contribution in [0.3, 0.4) is 0 Å². The topological polar surface area (TPSA) is 43.4 Å². The molecule has 2 fully saturated rings. The van der Waals surface area contributed by atoms with E-state index >= 15 is 0 Å². The predicted molar refractivity (Wildman–Crippen MR) is 55.2 cm³/mol. The van der Waals surface area contributed by atoms with Gasteiger partial charge in [0.15, 0.2) is 0 Å². The van der Waals surface area contributed by atoms with E-state index in [1.165, 1.54) is 7.11 Å². The van der Waals surface area contributed by atoms with E-state index in [0.717, 1.165) is 12.8 Å². The van der Waals surface area contributed by atoms with E-state index in [9.17, 15) is 9.59 Å². The maximum absolute atomic E-state index is 12.0. The Hall–Kier alpha value is -0.860. The molecule has 2 bridgehead atoms. The fourth-order valence-corrected chi connectivity index (χ4v) is 3.51. The van der Waals surface area contributed by atoms with Crippen molar-refractivity contribution in [1.82, 2.24) is 0 Å². The highest BCUT2D eigenvalue weighted by Gasteiger charge is 2.73. The third kappa shape index (κ3) is 0.876. The van der Waals surface area contributed by atoms with Crippen LogP contribution in [0.25, 0.3) is 0 Å². The number of ether oxygens (including phenoxy) is 1. The SMILES string of the molecule is COC(=O)[C@]12CC[C@@](C)(C(=O)C1)C2(C)C. The molecule has 3 nitrogen and oxygen atoms in total. The van der Waals surface area contributed by atoms with Gasteiger partial charge < -0.3 is 4.74 Å². The van der Waals surface area contributed by atoms with E-state index < -0.39 is 5.41 Å². The number of hydrogen-bond acceptors (Lipinski definition) is 3. The molecule has 0 amide bonds. The first kappa shape index (κ1) is 10.7. The average Bonchev–Trinajstić information content (AvgIpc) is 2.47. The Morgan fingerprint density at radius 1 is 1.27 bits per heavy atom. The number of fused-ring (bicyclic) bond motifs is 2. The highest BCUT2D eigenvalue weighted by atomic mass is 16.5. The first-order valence-corrected chi connectivity index (χ1v) is 5.43. The molecule has 0 aromatic rings. The smallest absolute Gasteiger partial charge is 0.312 e. The molecule has 0 N–H and O–H groups in total. The van der Waals surface area contributed by atoms with Gasteiger partial charge in [-0.25, -0.2) is 0 Å². The predicted octanol–water partition coefficient (Wildman–Crippen LogP) is 1.94. The molecule has 15 heavy (non-hydrogen) atoms. The summed E-state index contributed by atoms with van der Waals surface area (Å²) in [5, 5.41) is 0. The van der Waals surface area contributed by atoms with Crippen molar-refractivity contribution in [2.45, 2.75) is 40.0 Å². The molecule has 2 aliphatic rings. The minimum Gasteiger partial charge on any atom is -0.469 e. The van der Waals surface area contributed by atoms with Crippen LogP contribution < -0.4 is 0 Å². The Balaban J connectivity index is 2.54. The van der Waals surface area contributed by atoms with E-state index in [4.69, 9.17) is 4.74 Å². The van der Waals surface area contributed by atoms with Crippen LogP contribution in [0.5, 0.6) is 0 Å². The molecule has 0 aliphatic heterocycles. The van der Waals surface area contributed by atoms with Gasteiger partial charge in [-0.2, -0.15) is 0 Å². The third-order valence-electron chi connectivity index (χ3n) is 5.28. The maximum Gasteiger partial charge on any atom is 0.312 e. The second-order valence-electron chi connectivity index (χ2n) is 5.63. The van der Waals surface area contributed by atoms with Crippen molar-refractivity contribution in [2.24, 2.45) is 16.2 Å². The number of carbonyl (C=O) groups excluding carboxylic acids is 2. The molecule has 0 aromatic carbocycles. The molecule has 0 radical (unpaired) electrons. The van der Waals surface area contributed by atoms with Crippen LogP contribution in [0.1, 0.15) is 40.0 Å². The first-order valence-electron chi connectivity index (χ1n) is 5.43. The summed E-state index contributed by atoms with van der Waals surface area (Å²) in [7, 11) is 1.41. The van der Waals surface area contributed by atoms with Crippen molar-refractivity contribution in [3.05, 3.63) is 0 Å². The fraction of sp³-hybridized carbons (Fsp3) is 0.833. The molecule has 3 heteroatoms. The van der Waals surface area contributed by atoms with Crippen LogP contribution in [0.2, 0.25) is 0 Å². The Morgan fingerprint density at radius 3 is 2.20 bits per heavy atom. The standard InChI is InChI=1S/C12H18O3/c1-10(2)11(3)5-6-12(10,7-8(11)13)9(14)15-4/h5-7H2,1-4H3/t11-,12-/m0/s1. The third-order valence-corrected chi connectivity index (χ3v) is 5.28. The molecule has 2 saturated carbocycles. The van der Waals surface area contributed by atoms with Gasteiger partial charge in [-0.15, -0.1) is 0 Å². The van der Waals surface area contributed by atoms with Crippen molar-refractivity contribution in [3.8, 4) is 0 Å². The van der Waals surface area contributed by atoms with Crippen molar-refractivity contribution in [2.75, 3.05) is 7.11 Å². The van der Waals surface area contributed by atoms with Crippen LogP contribution in [0.4, 0.5) is 0 Å².